The maximum Gasteiger partial charge on any atom is 0.340 e. The van der Waals surface area contributed by atoms with Gasteiger partial charge in [-0.1, -0.05) is 36.8 Å². The molecular weight excluding hydrogens is 596 g/mol. The number of hydrogen-bond donors (Lipinski definition) is 1. The molecule has 0 aliphatic carbocycles. The minimum absolute atomic E-state index is 0.0834. The van der Waals surface area contributed by atoms with Gasteiger partial charge in [0.1, 0.15) is 4.21 Å². The van der Waals surface area contributed by atoms with Crippen molar-refractivity contribution in [2.24, 2.45) is 0 Å². The topological polar surface area (TPSA) is 183 Å². The number of non-ortho nitro benzene ring substituents is 1. The molecule has 0 fully saturated rings. The molecule has 0 saturated carbocycles. The summed E-state index contributed by atoms with van der Waals surface area (Å²) < 4.78 is 56.9. The summed E-state index contributed by atoms with van der Waals surface area (Å²) in [6.45, 7) is 2.97. The van der Waals surface area contributed by atoms with Crippen molar-refractivity contribution in [3.05, 3.63) is 69.4 Å². The average molecular weight is 617 g/mol. The van der Waals surface area contributed by atoms with Crippen LogP contribution in [0.15, 0.2) is 62.7 Å². The third kappa shape index (κ3) is 6.77. The zero-order chi connectivity index (χ0) is 29.0. The van der Waals surface area contributed by atoms with Crippen LogP contribution in [-0.4, -0.2) is 62.6 Å². The van der Waals surface area contributed by atoms with Crippen LogP contribution in [0.5, 0.6) is 0 Å². The number of nitrogens with one attached hydrogen (secondary N) is 1. The van der Waals surface area contributed by atoms with E-state index >= 15 is 0 Å². The number of halogens is 1. The Morgan fingerprint density at radius 2 is 1.69 bits per heavy atom. The molecule has 0 unspecified atom stereocenters. The summed E-state index contributed by atoms with van der Waals surface area (Å²) in [6.07, 6.45) is 1.00. The molecule has 0 bridgehead atoms. The highest BCUT2D eigenvalue weighted by Crippen LogP contribution is 2.29. The predicted molar refractivity (Wildman–Crippen MR) is 141 cm³/mol. The van der Waals surface area contributed by atoms with Gasteiger partial charge in [0, 0.05) is 25.2 Å². The van der Waals surface area contributed by atoms with E-state index in [0.29, 0.717) is 11.3 Å². The number of rotatable bonds is 11. The SMILES string of the molecule is CCN(CC)S(=O)(=O)c1ccc(Cl)c(C(=O)OCC(=O)Nc2ncc(S(=O)(=O)c3ccc([N+](=O)[O-])cc3)s2)c1. The lowest BCUT2D eigenvalue weighted by Crippen LogP contribution is -2.30. The van der Waals surface area contributed by atoms with Crippen LogP contribution in [0.2, 0.25) is 5.02 Å². The fraction of sp³-hybridized carbons (Fsp3) is 0.227. The quantitative estimate of drug-likeness (QED) is 0.190. The Bertz CT molecular complexity index is 1620. The summed E-state index contributed by atoms with van der Waals surface area (Å²) in [5, 5.41) is 12.9. The molecule has 1 heterocycles. The van der Waals surface area contributed by atoms with Crippen LogP contribution in [-0.2, 0) is 29.4 Å². The molecule has 0 saturated heterocycles. The van der Waals surface area contributed by atoms with Crippen molar-refractivity contribution >= 4 is 65.5 Å². The van der Waals surface area contributed by atoms with Crippen molar-refractivity contribution in [3.63, 3.8) is 0 Å². The number of esters is 1. The van der Waals surface area contributed by atoms with Crippen molar-refractivity contribution in [1.82, 2.24) is 9.29 Å². The van der Waals surface area contributed by atoms with Gasteiger partial charge < -0.3 is 4.74 Å². The first kappa shape index (κ1) is 30.1. The number of anilines is 1. The van der Waals surface area contributed by atoms with Crippen LogP contribution in [0.1, 0.15) is 24.2 Å². The highest BCUT2D eigenvalue weighted by atomic mass is 35.5. The first-order valence-corrected chi connectivity index (χ1v) is 15.1. The normalized spacial score (nSPS) is 11.8. The average Bonchev–Trinajstić information content (AvgIpc) is 3.37. The number of nitrogens with zero attached hydrogens (tertiary/aromatic N) is 3. The summed E-state index contributed by atoms with van der Waals surface area (Å²) >= 11 is 6.67. The number of nitro benzene ring substituents is 1. The number of nitro groups is 1. The van der Waals surface area contributed by atoms with Crippen molar-refractivity contribution in [3.8, 4) is 0 Å². The van der Waals surface area contributed by atoms with Gasteiger partial charge in [0.15, 0.2) is 11.7 Å². The highest BCUT2D eigenvalue weighted by Gasteiger charge is 2.25. The highest BCUT2D eigenvalue weighted by molar-refractivity contribution is 7.93. The molecule has 0 radical (unpaired) electrons. The smallest absolute Gasteiger partial charge is 0.340 e. The Morgan fingerprint density at radius 1 is 1.08 bits per heavy atom. The van der Waals surface area contributed by atoms with Crippen LogP contribution in [0, 0.1) is 10.1 Å². The van der Waals surface area contributed by atoms with E-state index < -0.39 is 43.3 Å². The molecule has 3 aromatic rings. The van der Waals surface area contributed by atoms with Crippen LogP contribution >= 0.6 is 22.9 Å². The number of carbonyl (C=O) groups is 2. The first-order chi connectivity index (χ1) is 18.3. The van der Waals surface area contributed by atoms with Crippen LogP contribution in [0.4, 0.5) is 10.8 Å². The molecule has 13 nitrogen and oxygen atoms in total. The van der Waals surface area contributed by atoms with Crippen LogP contribution in [0.3, 0.4) is 0 Å². The Labute approximate surface area is 232 Å². The van der Waals surface area contributed by atoms with E-state index in [-0.39, 0.29) is 48.5 Å². The van der Waals surface area contributed by atoms with Gasteiger partial charge in [0.05, 0.1) is 31.5 Å². The number of carbonyl (C=O) groups excluding carboxylic acids is 2. The molecule has 17 heteroatoms. The van der Waals surface area contributed by atoms with Gasteiger partial charge >= 0.3 is 5.97 Å². The van der Waals surface area contributed by atoms with E-state index in [1.807, 2.05) is 0 Å². The number of sulfone groups is 1. The van der Waals surface area contributed by atoms with E-state index in [1.54, 1.807) is 13.8 Å². The van der Waals surface area contributed by atoms with Gasteiger partial charge in [0.25, 0.3) is 11.6 Å². The monoisotopic (exact) mass is 616 g/mol. The van der Waals surface area contributed by atoms with Crippen LogP contribution in [0.25, 0.3) is 0 Å². The minimum Gasteiger partial charge on any atom is -0.452 e. The van der Waals surface area contributed by atoms with E-state index in [2.05, 4.69) is 10.3 Å². The number of ether oxygens (including phenoxy) is 1. The van der Waals surface area contributed by atoms with Gasteiger partial charge in [-0.2, -0.15) is 4.31 Å². The molecule has 0 spiro atoms. The molecule has 1 N–H and O–H groups in total. The molecule has 0 aliphatic heterocycles. The van der Waals surface area contributed by atoms with Gasteiger partial charge in [-0.25, -0.2) is 26.6 Å². The van der Waals surface area contributed by atoms with E-state index in [4.69, 9.17) is 16.3 Å². The lowest BCUT2D eigenvalue weighted by atomic mass is 10.2. The van der Waals surface area contributed by atoms with E-state index in [1.165, 1.54) is 16.4 Å². The molecule has 3 rings (SSSR count). The molecular formula is C22H21ClN4O9S3. The third-order valence-corrected chi connectivity index (χ3v) is 10.7. The predicted octanol–water partition coefficient (Wildman–Crippen LogP) is 3.36. The third-order valence-electron chi connectivity index (χ3n) is 5.19. The molecule has 1 amide bonds. The fourth-order valence-electron chi connectivity index (χ4n) is 3.20. The van der Waals surface area contributed by atoms with Gasteiger partial charge in [0.2, 0.25) is 19.9 Å². The molecule has 1 aromatic heterocycles. The number of aromatic nitrogens is 1. The van der Waals surface area contributed by atoms with Crippen LogP contribution < -0.4 is 5.32 Å². The minimum atomic E-state index is -4.06. The second-order valence-corrected chi connectivity index (χ2v) is 13.1. The summed E-state index contributed by atoms with van der Waals surface area (Å²) in [5.74, 6) is -1.90. The largest absolute Gasteiger partial charge is 0.452 e. The lowest BCUT2D eigenvalue weighted by molar-refractivity contribution is -0.384. The number of amides is 1. The number of sulfonamides is 1. The fourth-order valence-corrected chi connectivity index (χ4v) is 7.33. The van der Waals surface area contributed by atoms with Gasteiger partial charge in [-0.3, -0.25) is 20.2 Å². The summed E-state index contributed by atoms with van der Waals surface area (Å²) in [7, 11) is -7.94. The Morgan fingerprint density at radius 3 is 2.28 bits per heavy atom. The van der Waals surface area contributed by atoms with Crippen molar-refractivity contribution < 1.29 is 36.1 Å². The number of benzene rings is 2. The first-order valence-electron chi connectivity index (χ1n) is 11.0. The maximum absolute atomic E-state index is 12.8. The summed E-state index contributed by atoms with van der Waals surface area (Å²) in [4.78, 5) is 38.4. The molecule has 39 heavy (non-hydrogen) atoms. The number of thiazole rings is 1. The Hall–Kier alpha value is -3.44. The zero-order valence-corrected chi connectivity index (χ0v) is 23.6. The van der Waals surface area contributed by atoms with E-state index in [0.717, 1.165) is 36.5 Å². The maximum atomic E-state index is 12.8. The van der Waals surface area contributed by atoms with E-state index in [9.17, 15) is 36.5 Å². The zero-order valence-electron chi connectivity index (χ0n) is 20.4. The number of hydrogen-bond acceptors (Lipinski definition) is 11. The Balaban J connectivity index is 1.67. The lowest BCUT2D eigenvalue weighted by Gasteiger charge is -2.19. The second-order valence-electron chi connectivity index (χ2n) is 7.59. The van der Waals surface area contributed by atoms with Crippen molar-refractivity contribution in [1.29, 1.82) is 0 Å². The standard InChI is InChI=1S/C22H21ClN4O9S3/c1-3-26(4-2)39(34,35)16-9-10-18(23)17(11-16)21(29)36-13-19(28)25-22-24-12-20(37-22)38(32,33)15-7-5-14(6-8-15)27(30)31/h5-12H,3-4,13H2,1-2H3,(H,24,25,28). The molecule has 0 atom stereocenters. The summed E-state index contributed by atoms with van der Waals surface area (Å²) in [5.41, 5.74) is -0.539. The van der Waals surface area contributed by atoms with Crippen molar-refractivity contribution in [2.45, 2.75) is 27.8 Å². The molecule has 2 aromatic carbocycles. The van der Waals surface area contributed by atoms with Gasteiger partial charge in [-0.05, 0) is 30.3 Å². The molecule has 0 aliphatic rings. The second kappa shape index (κ2) is 12.2. The van der Waals surface area contributed by atoms with Crippen molar-refractivity contribution in [2.75, 3.05) is 25.0 Å². The van der Waals surface area contributed by atoms with Gasteiger partial charge in [-0.15, -0.1) is 0 Å². The molecule has 208 valence electrons. The Kier molecular flexibility index (Phi) is 9.39. The summed E-state index contributed by atoms with van der Waals surface area (Å²) in [6, 6.07) is 7.81.